The zero-order valence-corrected chi connectivity index (χ0v) is 12.9. The Bertz CT molecular complexity index is 836. The summed E-state index contributed by atoms with van der Waals surface area (Å²) in [4.78, 5) is 32.5. The lowest BCUT2D eigenvalue weighted by Gasteiger charge is -2.12. The molecule has 0 spiro atoms. The van der Waals surface area contributed by atoms with E-state index in [1.165, 1.54) is 7.11 Å². The number of hydrogen-bond donors (Lipinski definition) is 3. The van der Waals surface area contributed by atoms with E-state index in [1.54, 1.807) is 24.3 Å². The van der Waals surface area contributed by atoms with E-state index in [0.717, 1.165) is 12.1 Å². The summed E-state index contributed by atoms with van der Waals surface area (Å²) in [6.07, 6.45) is 0. The molecule has 2 aromatic rings. The lowest BCUT2D eigenvalue weighted by atomic mass is 10.1. The number of nitrogen functional groups attached to an aromatic ring is 1. The number of carbonyl (C=O) groups excluding carboxylic acids is 1. The van der Waals surface area contributed by atoms with Gasteiger partial charge in [0, 0.05) is 11.8 Å². The van der Waals surface area contributed by atoms with Gasteiger partial charge in [0.2, 0.25) is 0 Å². The number of carbonyl (C=O) groups is 1. The van der Waals surface area contributed by atoms with Crippen molar-refractivity contribution in [2.45, 2.75) is 0 Å². The Labute approximate surface area is 140 Å². The lowest BCUT2D eigenvalue weighted by Crippen LogP contribution is -2.30. The first-order valence-electron chi connectivity index (χ1n) is 6.76. The van der Waals surface area contributed by atoms with Crippen LogP contribution in [0.1, 0.15) is 10.4 Å². The number of nitro benzene ring substituents is 2. The summed E-state index contributed by atoms with van der Waals surface area (Å²) >= 11 is 0. The Morgan fingerprint density at radius 1 is 1.12 bits per heavy atom. The van der Waals surface area contributed by atoms with Gasteiger partial charge in [0.05, 0.1) is 28.6 Å². The fraction of sp³-hybridized carbons (Fsp3) is 0.0714. The third kappa shape index (κ3) is 3.79. The number of non-ortho nitro benzene ring substituents is 1. The molecule has 2 rings (SSSR count). The Hall–Kier alpha value is -3.73. The van der Waals surface area contributed by atoms with Crippen LogP contribution < -0.4 is 21.3 Å². The SMILES string of the molecule is COc1ccc(Nc2c(C(=O)NN)cc([N+](=O)[O-])cc2[N+](=O)[O-])cc1. The van der Waals surface area contributed by atoms with Crippen LogP contribution in [0.5, 0.6) is 5.75 Å². The van der Waals surface area contributed by atoms with Crippen molar-refractivity contribution in [3.05, 3.63) is 62.2 Å². The third-order valence-corrected chi connectivity index (χ3v) is 3.24. The maximum absolute atomic E-state index is 11.9. The van der Waals surface area contributed by atoms with Crippen molar-refractivity contribution in [1.82, 2.24) is 5.43 Å². The molecule has 0 aliphatic rings. The van der Waals surface area contributed by atoms with Crippen LogP contribution in [0.15, 0.2) is 36.4 Å². The van der Waals surface area contributed by atoms with E-state index in [9.17, 15) is 25.0 Å². The summed E-state index contributed by atoms with van der Waals surface area (Å²) in [6.45, 7) is 0. The van der Waals surface area contributed by atoms with Gasteiger partial charge in [0.1, 0.15) is 11.4 Å². The summed E-state index contributed by atoms with van der Waals surface area (Å²) in [5, 5.41) is 25.0. The fourth-order valence-electron chi connectivity index (χ4n) is 2.07. The molecule has 0 aliphatic heterocycles. The summed E-state index contributed by atoms with van der Waals surface area (Å²) < 4.78 is 5.01. The number of amides is 1. The van der Waals surface area contributed by atoms with Crippen molar-refractivity contribution >= 4 is 28.7 Å². The molecule has 0 aliphatic carbocycles. The molecule has 4 N–H and O–H groups in total. The molecule has 0 fully saturated rings. The molecule has 0 atom stereocenters. The largest absolute Gasteiger partial charge is 0.497 e. The molecule has 130 valence electrons. The molecule has 25 heavy (non-hydrogen) atoms. The molecule has 1 amide bonds. The van der Waals surface area contributed by atoms with E-state index in [1.807, 2.05) is 5.43 Å². The van der Waals surface area contributed by atoms with E-state index >= 15 is 0 Å². The zero-order chi connectivity index (χ0) is 18.6. The zero-order valence-electron chi connectivity index (χ0n) is 12.9. The van der Waals surface area contributed by atoms with Gasteiger partial charge in [-0.1, -0.05) is 0 Å². The molecule has 0 aromatic heterocycles. The van der Waals surface area contributed by atoms with Gasteiger partial charge in [-0.25, -0.2) is 5.84 Å². The van der Waals surface area contributed by atoms with E-state index in [0.29, 0.717) is 11.4 Å². The Balaban J connectivity index is 2.61. The number of hydrazine groups is 1. The average Bonchev–Trinajstić information content (AvgIpc) is 2.61. The maximum Gasteiger partial charge on any atom is 0.300 e. The van der Waals surface area contributed by atoms with Crippen molar-refractivity contribution in [2.24, 2.45) is 5.84 Å². The van der Waals surface area contributed by atoms with Gasteiger partial charge in [-0.05, 0) is 24.3 Å². The van der Waals surface area contributed by atoms with E-state index in [4.69, 9.17) is 10.6 Å². The number of nitrogens with two attached hydrogens (primary N) is 1. The molecular formula is C14H13N5O6. The van der Waals surface area contributed by atoms with Crippen LogP contribution in [-0.4, -0.2) is 22.9 Å². The standard InChI is InChI=1S/C14H13N5O6/c1-25-10-4-2-8(3-5-10)16-13-11(14(20)17-15)6-9(18(21)22)7-12(13)19(23)24/h2-7,16H,15H2,1H3,(H,17,20). The minimum Gasteiger partial charge on any atom is -0.497 e. The van der Waals surface area contributed by atoms with E-state index in [2.05, 4.69) is 5.32 Å². The molecule has 0 unspecified atom stereocenters. The van der Waals surface area contributed by atoms with Crippen LogP contribution in [0.4, 0.5) is 22.7 Å². The number of rotatable bonds is 6. The number of methoxy groups -OCH3 is 1. The van der Waals surface area contributed by atoms with Crippen molar-refractivity contribution in [3.63, 3.8) is 0 Å². The van der Waals surface area contributed by atoms with Gasteiger partial charge < -0.3 is 10.1 Å². The molecule has 11 heteroatoms. The second-order valence-electron chi connectivity index (χ2n) is 4.73. The molecule has 0 radical (unpaired) electrons. The third-order valence-electron chi connectivity index (χ3n) is 3.24. The highest BCUT2D eigenvalue weighted by Crippen LogP contribution is 2.35. The van der Waals surface area contributed by atoms with Crippen LogP contribution in [0, 0.1) is 20.2 Å². The quantitative estimate of drug-likeness (QED) is 0.308. The van der Waals surface area contributed by atoms with Crippen molar-refractivity contribution in [3.8, 4) is 5.75 Å². The number of hydrogen-bond acceptors (Lipinski definition) is 8. The number of nitrogens with zero attached hydrogens (tertiary/aromatic N) is 2. The lowest BCUT2D eigenvalue weighted by molar-refractivity contribution is -0.393. The van der Waals surface area contributed by atoms with Gasteiger partial charge in [0.15, 0.2) is 0 Å². The number of benzene rings is 2. The second-order valence-corrected chi connectivity index (χ2v) is 4.73. The van der Waals surface area contributed by atoms with E-state index < -0.39 is 27.1 Å². The molecule has 2 aromatic carbocycles. The topological polar surface area (TPSA) is 163 Å². The fourth-order valence-corrected chi connectivity index (χ4v) is 2.07. The second kappa shape index (κ2) is 7.23. The summed E-state index contributed by atoms with van der Waals surface area (Å²) in [7, 11) is 1.48. The number of anilines is 2. The Morgan fingerprint density at radius 2 is 1.76 bits per heavy atom. The van der Waals surface area contributed by atoms with Crippen molar-refractivity contribution in [1.29, 1.82) is 0 Å². The van der Waals surface area contributed by atoms with E-state index in [-0.39, 0.29) is 11.3 Å². The summed E-state index contributed by atoms with van der Waals surface area (Å²) in [6, 6.07) is 7.99. The van der Waals surface area contributed by atoms with Gasteiger partial charge in [-0.15, -0.1) is 0 Å². The number of ether oxygens (including phenoxy) is 1. The van der Waals surface area contributed by atoms with Gasteiger partial charge in [0.25, 0.3) is 17.3 Å². The first-order chi connectivity index (χ1) is 11.9. The van der Waals surface area contributed by atoms with Gasteiger partial charge >= 0.3 is 0 Å². The van der Waals surface area contributed by atoms with Crippen LogP contribution in [-0.2, 0) is 0 Å². The van der Waals surface area contributed by atoms with Gasteiger partial charge in [-0.2, -0.15) is 0 Å². The average molecular weight is 347 g/mol. The van der Waals surface area contributed by atoms with Crippen molar-refractivity contribution in [2.75, 3.05) is 12.4 Å². The monoisotopic (exact) mass is 347 g/mol. The first-order valence-corrected chi connectivity index (χ1v) is 6.76. The Morgan fingerprint density at radius 3 is 2.24 bits per heavy atom. The highest BCUT2D eigenvalue weighted by atomic mass is 16.6. The van der Waals surface area contributed by atoms with Crippen LogP contribution in [0.3, 0.4) is 0 Å². The predicted molar refractivity (Wildman–Crippen MR) is 87.7 cm³/mol. The van der Waals surface area contributed by atoms with Crippen LogP contribution in [0.2, 0.25) is 0 Å². The molecule has 0 heterocycles. The Kier molecular flexibility index (Phi) is 5.09. The number of nitrogens with one attached hydrogen (secondary N) is 2. The molecule has 0 saturated carbocycles. The minimum absolute atomic E-state index is 0.219. The van der Waals surface area contributed by atoms with Crippen molar-refractivity contribution < 1.29 is 19.4 Å². The van der Waals surface area contributed by atoms with Gasteiger partial charge in [-0.3, -0.25) is 30.4 Å². The maximum atomic E-state index is 11.9. The predicted octanol–water partition coefficient (Wildman–Crippen LogP) is 1.86. The highest BCUT2D eigenvalue weighted by molar-refractivity contribution is 6.03. The van der Waals surface area contributed by atoms with Crippen LogP contribution in [0.25, 0.3) is 0 Å². The normalized spacial score (nSPS) is 10.0. The highest BCUT2D eigenvalue weighted by Gasteiger charge is 2.27. The smallest absolute Gasteiger partial charge is 0.300 e. The molecule has 11 nitrogen and oxygen atoms in total. The number of nitro groups is 2. The minimum atomic E-state index is -0.914. The molecule has 0 saturated heterocycles. The summed E-state index contributed by atoms with van der Waals surface area (Å²) in [5.74, 6) is 4.72. The summed E-state index contributed by atoms with van der Waals surface area (Å²) in [5.41, 5.74) is 0.426. The van der Waals surface area contributed by atoms with Crippen LogP contribution >= 0.6 is 0 Å². The molecule has 0 bridgehead atoms. The first kappa shape index (κ1) is 17.6. The molecular weight excluding hydrogens is 334 g/mol.